The number of hydrogen-bond acceptors (Lipinski definition) is 2. The molecule has 1 saturated heterocycles. The van der Waals surface area contributed by atoms with Crippen LogP contribution in [0.1, 0.15) is 52.9 Å². The predicted octanol–water partition coefficient (Wildman–Crippen LogP) is 3.24. The highest BCUT2D eigenvalue weighted by Gasteiger charge is 2.40. The minimum Gasteiger partial charge on any atom is -0.393 e. The van der Waals surface area contributed by atoms with Gasteiger partial charge in [0.1, 0.15) is 0 Å². The number of alkyl halides is 1. The van der Waals surface area contributed by atoms with Crippen molar-refractivity contribution in [3.05, 3.63) is 0 Å². The smallest absolute Gasteiger partial charge is 0.0923 e. The van der Waals surface area contributed by atoms with Crippen LogP contribution in [0.15, 0.2) is 0 Å². The molecular formula is C16H30FNO. The van der Waals surface area contributed by atoms with E-state index in [4.69, 9.17) is 0 Å². The number of aliphatic hydroxyl groups excluding tert-OH is 1. The fraction of sp³-hybridized carbons (Fsp3) is 1.00. The third-order valence-corrected chi connectivity index (χ3v) is 5.24. The minimum absolute atomic E-state index is 0.137. The molecule has 1 aliphatic carbocycles. The summed E-state index contributed by atoms with van der Waals surface area (Å²) in [5.74, 6) is 0.927. The van der Waals surface area contributed by atoms with Crippen LogP contribution in [-0.2, 0) is 0 Å². The highest BCUT2D eigenvalue weighted by Crippen LogP contribution is 2.41. The van der Waals surface area contributed by atoms with Gasteiger partial charge in [0.25, 0.3) is 0 Å². The number of halogens is 1. The first-order chi connectivity index (χ1) is 8.91. The molecule has 1 N–H and O–H groups in total. The van der Waals surface area contributed by atoms with E-state index in [0.29, 0.717) is 17.4 Å². The summed E-state index contributed by atoms with van der Waals surface area (Å²) >= 11 is 0. The van der Waals surface area contributed by atoms with E-state index in [1.54, 1.807) is 0 Å². The van der Waals surface area contributed by atoms with Crippen LogP contribution in [0.2, 0.25) is 0 Å². The summed E-state index contributed by atoms with van der Waals surface area (Å²) < 4.78 is 12.7. The topological polar surface area (TPSA) is 23.5 Å². The van der Waals surface area contributed by atoms with Gasteiger partial charge in [-0.3, -0.25) is 9.29 Å². The molecule has 0 aromatic carbocycles. The number of rotatable bonds is 2. The van der Waals surface area contributed by atoms with Gasteiger partial charge in [-0.25, -0.2) is 0 Å². The Hall–Kier alpha value is -0.150. The largest absolute Gasteiger partial charge is 0.393 e. The lowest BCUT2D eigenvalue weighted by Crippen LogP contribution is -2.52. The molecule has 0 spiro atoms. The average Bonchev–Trinajstić information content (AvgIpc) is 2.37. The SMILES string of the molecule is CC(C)(C)C1CCC(O)CC1N1CCC(CF)CC1. The molecule has 0 bridgehead atoms. The van der Waals surface area contributed by atoms with E-state index < -0.39 is 0 Å². The van der Waals surface area contributed by atoms with Crippen molar-refractivity contribution in [3.63, 3.8) is 0 Å². The zero-order valence-electron chi connectivity index (χ0n) is 12.7. The Labute approximate surface area is 117 Å². The lowest BCUT2D eigenvalue weighted by Gasteiger charge is -2.48. The van der Waals surface area contributed by atoms with Crippen LogP contribution in [0.25, 0.3) is 0 Å². The molecule has 3 unspecified atom stereocenters. The Bertz CT molecular complexity index is 281. The zero-order valence-corrected chi connectivity index (χ0v) is 12.7. The lowest BCUT2D eigenvalue weighted by atomic mass is 9.68. The van der Waals surface area contributed by atoms with Gasteiger partial charge in [-0.15, -0.1) is 0 Å². The summed E-state index contributed by atoms with van der Waals surface area (Å²) in [7, 11) is 0. The van der Waals surface area contributed by atoms with E-state index in [1.807, 2.05) is 0 Å². The van der Waals surface area contributed by atoms with E-state index in [1.165, 1.54) is 0 Å². The Morgan fingerprint density at radius 3 is 2.26 bits per heavy atom. The van der Waals surface area contributed by atoms with E-state index in [0.717, 1.165) is 45.2 Å². The monoisotopic (exact) mass is 271 g/mol. The van der Waals surface area contributed by atoms with Gasteiger partial charge in [0, 0.05) is 6.04 Å². The fourth-order valence-electron chi connectivity index (χ4n) is 3.98. The van der Waals surface area contributed by atoms with Crippen LogP contribution in [0.5, 0.6) is 0 Å². The molecule has 3 heteroatoms. The molecule has 112 valence electrons. The highest BCUT2D eigenvalue weighted by atomic mass is 19.1. The van der Waals surface area contributed by atoms with Crippen LogP contribution < -0.4 is 0 Å². The molecule has 0 aromatic rings. The van der Waals surface area contributed by atoms with Gasteiger partial charge >= 0.3 is 0 Å². The summed E-state index contributed by atoms with van der Waals surface area (Å²) in [6.45, 7) is 8.81. The maximum absolute atomic E-state index is 12.7. The first kappa shape index (κ1) is 15.2. The first-order valence-corrected chi connectivity index (χ1v) is 7.90. The molecule has 0 radical (unpaired) electrons. The van der Waals surface area contributed by atoms with Gasteiger partial charge in [-0.05, 0) is 62.4 Å². The number of piperidine rings is 1. The maximum Gasteiger partial charge on any atom is 0.0923 e. The Morgan fingerprint density at radius 1 is 1.11 bits per heavy atom. The van der Waals surface area contributed by atoms with E-state index >= 15 is 0 Å². The van der Waals surface area contributed by atoms with E-state index in [-0.39, 0.29) is 18.7 Å². The van der Waals surface area contributed by atoms with Crippen molar-refractivity contribution >= 4 is 0 Å². The van der Waals surface area contributed by atoms with Crippen LogP contribution in [0, 0.1) is 17.3 Å². The molecule has 2 aliphatic rings. The second-order valence-electron chi connectivity index (χ2n) is 7.64. The number of likely N-dealkylation sites (tertiary alicyclic amines) is 1. The molecule has 2 fully saturated rings. The van der Waals surface area contributed by atoms with Gasteiger partial charge in [0.2, 0.25) is 0 Å². The van der Waals surface area contributed by atoms with Crippen molar-refractivity contribution in [1.29, 1.82) is 0 Å². The van der Waals surface area contributed by atoms with Gasteiger partial charge in [0.05, 0.1) is 12.8 Å². The molecule has 3 atom stereocenters. The van der Waals surface area contributed by atoms with Crippen LogP contribution >= 0.6 is 0 Å². The highest BCUT2D eigenvalue weighted by molar-refractivity contribution is 4.93. The standard InChI is InChI=1S/C16H30FNO/c1-16(2,3)14-5-4-13(19)10-15(14)18-8-6-12(11-17)7-9-18/h12-15,19H,4-11H2,1-3H3. The van der Waals surface area contributed by atoms with Crippen molar-refractivity contribution in [2.24, 2.45) is 17.3 Å². The Balaban J connectivity index is 2.02. The molecule has 2 rings (SSSR count). The second kappa shape index (κ2) is 6.09. The van der Waals surface area contributed by atoms with Crippen molar-refractivity contribution in [2.75, 3.05) is 19.8 Å². The van der Waals surface area contributed by atoms with Crippen LogP contribution in [0.3, 0.4) is 0 Å². The minimum atomic E-state index is -0.163. The fourth-order valence-corrected chi connectivity index (χ4v) is 3.98. The summed E-state index contributed by atoms with van der Waals surface area (Å²) in [6.07, 6.45) is 4.81. The average molecular weight is 271 g/mol. The molecule has 19 heavy (non-hydrogen) atoms. The third kappa shape index (κ3) is 3.69. The molecule has 1 saturated carbocycles. The molecule has 2 nitrogen and oxygen atoms in total. The normalized spacial score (nSPS) is 35.5. The Kier molecular flexibility index (Phi) is 4.88. The summed E-state index contributed by atoms with van der Waals surface area (Å²) in [4.78, 5) is 2.53. The molecule has 1 heterocycles. The van der Waals surface area contributed by atoms with Gasteiger partial charge in [-0.1, -0.05) is 20.8 Å². The number of aliphatic hydroxyl groups is 1. The van der Waals surface area contributed by atoms with Crippen LogP contribution in [-0.4, -0.2) is 41.9 Å². The van der Waals surface area contributed by atoms with E-state index in [9.17, 15) is 9.50 Å². The third-order valence-electron chi connectivity index (χ3n) is 5.24. The van der Waals surface area contributed by atoms with E-state index in [2.05, 4.69) is 25.7 Å². The summed E-state index contributed by atoms with van der Waals surface area (Å²) in [5.41, 5.74) is 0.293. The summed E-state index contributed by atoms with van der Waals surface area (Å²) in [6, 6.07) is 0.490. The lowest BCUT2D eigenvalue weighted by molar-refractivity contribution is -0.0242. The Morgan fingerprint density at radius 2 is 1.74 bits per heavy atom. The van der Waals surface area contributed by atoms with Crippen molar-refractivity contribution in [2.45, 2.75) is 65.0 Å². The van der Waals surface area contributed by atoms with Crippen molar-refractivity contribution in [1.82, 2.24) is 4.90 Å². The predicted molar refractivity (Wildman–Crippen MR) is 76.9 cm³/mol. The molecule has 1 aliphatic heterocycles. The summed E-state index contributed by atoms with van der Waals surface area (Å²) in [5, 5.41) is 10.0. The molecular weight excluding hydrogens is 241 g/mol. The number of nitrogens with zero attached hydrogens (tertiary/aromatic N) is 1. The second-order valence-corrected chi connectivity index (χ2v) is 7.64. The van der Waals surface area contributed by atoms with Gasteiger partial charge in [0.15, 0.2) is 0 Å². The zero-order chi connectivity index (χ0) is 14.0. The number of hydrogen-bond donors (Lipinski definition) is 1. The van der Waals surface area contributed by atoms with Crippen LogP contribution in [0.4, 0.5) is 4.39 Å². The van der Waals surface area contributed by atoms with Gasteiger partial charge in [-0.2, -0.15) is 0 Å². The quantitative estimate of drug-likeness (QED) is 0.833. The van der Waals surface area contributed by atoms with Crippen molar-refractivity contribution < 1.29 is 9.50 Å². The van der Waals surface area contributed by atoms with Gasteiger partial charge < -0.3 is 5.11 Å². The molecule has 0 amide bonds. The maximum atomic E-state index is 12.7. The first-order valence-electron chi connectivity index (χ1n) is 7.90. The van der Waals surface area contributed by atoms with Crippen molar-refractivity contribution in [3.8, 4) is 0 Å². The molecule has 0 aromatic heterocycles.